The molecule has 0 rings (SSSR count). The second-order valence-corrected chi connectivity index (χ2v) is 2.84. The van der Waals surface area contributed by atoms with E-state index in [-0.39, 0.29) is 0 Å². The van der Waals surface area contributed by atoms with Crippen molar-refractivity contribution >= 4 is 10.8 Å². The first-order valence-corrected chi connectivity index (χ1v) is 4.25. The summed E-state index contributed by atoms with van der Waals surface area (Å²) in [4.78, 5) is 0. The third kappa shape index (κ3) is 7.38. The Morgan fingerprint density at radius 3 is 2.89 bits per heavy atom. The minimum atomic E-state index is -0.859. The number of unbranched alkanes of at least 4 members (excludes halogenated alkanes) is 1. The number of nitrogens with zero attached hydrogens (tertiary/aromatic N) is 1. The molecule has 2 nitrogen and oxygen atoms in total. The van der Waals surface area contributed by atoms with Crippen molar-refractivity contribution in [1.29, 1.82) is 5.26 Å². The minimum Gasteiger partial charge on any atom is -0.255 e. The van der Waals surface area contributed by atoms with Crippen LogP contribution in [0.15, 0.2) is 11.5 Å². The lowest BCUT2D eigenvalue weighted by atomic mass is 10.3. The van der Waals surface area contributed by atoms with Gasteiger partial charge in [0.25, 0.3) is 0 Å². The Hall–Kier alpha value is -0.620. The Morgan fingerprint density at radius 2 is 2.44 bits per heavy atom. The summed E-state index contributed by atoms with van der Waals surface area (Å²) in [5, 5.41) is 9.67. The van der Waals surface area contributed by atoms with Crippen LogP contribution in [0.5, 0.6) is 0 Å². The number of allylic oxidation sites excluding steroid dienone is 1. The highest BCUT2D eigenvalue weighted by atomic mass is 32.2. The van der Waals surface area contributed by atoms with Gasteiger partial charge in [-0.25, -0.2) is 0 Å². The van der Waals surface area contributed by atoms with Gasteiger partial charge >= 0.3 is 0 Å². The average Bonchev–Trinajstić information content (AvgIpc) is 1.80. The normalized spacial score (nSPS) is 13.3. The van der Waals surface area contributed by atoms with Crippen LogP contribution < -0.4 is 0 Å². The summed E-state index contributed by atoms with van der Waals surface area (Å²) in [5.74, 6) is 0. The monoisotopic (exact) mass is 143 g/mol. The lowest BCUT2D eigenvalue weighted by Gasteiger charge is -1.79. The molecule has 0 aromatic carbocycles. The van der Waals surface area contributed by atoms with Gasteiger partial charge in [-0.15, -0.1) is 0 Å². The molecule has 50 valence electrons. The molecule has 0 aromatic rings. The van der Waals surface area contributed by atoms with E-state index >= 15 is 0 Å². The predicted molar refractivity (Wildman–Crippen MR) is 38.1 cm³/mol. The van der Waals surface area contributed by atoms with E-state index in [0.717, 1.165) is 0 Å². The van der Waals surface area contributed by atoms with Crippen LogP contribution in [0.3, 0.4) is 0 Å². The van der Waals surface area contributed by atoms with E-state index in [4.69, 9.17) is 5.26 Å². The van der Waals surface area contributed by atoms with Crippen molar-refractivity contribution < 1.29 is 4.21 Å². The Morgan fingerprint density at radius 1 is 1.78 bits per heavy atom. The van der Waals surface area contributed by atoms with Crippen LogP contribution in [-0.2, 0) is 10.8 Å². The molecule has 0 radical (unpaired) electrons. The number of nitriles is 1. The van der Waals surface area contributed by atoms with Crippen LogP contribution in [0.4, 0.5) is 0 Å². The van der Waals surface area contributed by atoms with E-state index in [1.807, 2.05) is 6.07 Å². The van der Waals surface area contributed by atoms with Crippen molar-refractivity contribution in [2.45, 2.75) is 12.8 Å². The lowest BCUT2D eigenvalue weighted by molar-refractivity contribution is 0.691. The van der Waals surface area contributed by atoms with E-state index < -0.39 is 10.8 Å². The molecule has 0 amide bonds. The van der Waals surface area contributed by atoms with Gasteiger partial charge in [-0.05, 0) is 11.8 Å². The van der Waals surface area contributed by atoms with Crippen molar-refractivity contribution in [3.63, 3.8) is 0 Å². The van der Waals surface area contributed by atoms with E-state index in [9.17, 15) is 4.21 Å². The first-order chi connectivity index (χ1) is 4.27. The molecule has 0 saturated carbocycles. The van der Waals surface area contributed by atoms with Crippen LogP contribution in [-0.4, -0.2) is 10.5 Å². The summed E-state index contributed by atoms with van der Waals surface area (Å²) >= 11 is 0. The van der Waals surface area contributed by atoms with Gasteiger partial charge in [-0.3, -0.25) is 4.21 Å². The van der Waals surface area contributed by atoms with Crippen molar-refractivity contribution in [3.8, 4) is 6.07 Å². The molecule has 3 heteroatoms. The Balaban J connectivity index is 3.28. The Kier molecular flexibility index (Phi) is 5.14. The van der Waals surface area contributed by atoms with Crippen LogP contribution in [0.25, 0.3) is 0 Å². The van der Waals surface area contributed by atoms with Crippen LogP contribution in [0.1, 0.15) is 12.8 Å². The quantitative estimate of drug-likeness (QED) is 0.557. The number of rotatable bonds is 3. The number of hydrogen-bond acceptors (Lipinski definition) is 2. The van der Waals surface area contributed by atoms with Crippen molar-refractivity contribution in [1.82, 2.24) is 0 Å². The fraction of sp³-hybridized carbons (Fsp3) is 0.500. The van der Waals surface area contributed by atoms with Gasteiger partial charge in [0.2, 0.25) is 0 Å². The van der Waals surface area contributed by atoms with Crippen LogP contribution >= 0.6 is 0 Å². The maximum absolute atomic E-state index is 10.3. The van der Waals surface area contributed by atoms with E-state index in [2.05, 4.69) is 0 Å². The first-order valence-electron chi connectivity index (χ1n) is 2.63. The Bertz CT molecular complexity index is 157. The molecule has 0 unspecified atom stereocenters. The molecule has 1 atom stereocenters. The molecule has 0 bridgehead atoms. The standard InChI is InChI=1S/C6H9NOS/c1-9(8)6-4-2-3-5-7/h4,6H,2-3H2,1H3/b6-4+/t9-/m0/s1. The summed E-state index contributed by atoms with van der Waals surface area (Å²) in [6, 6.07) is 1.99. The summed E-state index contributed by atoms with van der Waals surface area (Å²) in [6.45, 7) is 0. The summed E-state index contributed by atoms with van der Waals surface area (Å²) in [6.07, 6.45) is 4.58. The SMILES string of the molecule is C[S@](=O)/C=C/CCC#N. The zero-order valence-electron chi connectivity index (χ0n) is 5.33. The molecule has 0 aliphatic heterocycles. The molecule has 0 fully saturated rings. The second kappa shape index (κ2) is 5.52. The molecule has 0 aliphatic carbocycles. The van der Waals surface area contributed by atoms with E-state index in [1.165, 1.54) is 0 Å². The molecular weight excluding hydrogens is 134 g/mol. The maximum atomic E-state index is 10.3. The smallest absolute Gasteiger partial charge is 0.0625 e. The zero-order valence-corrected chi connectivity index (χ0v) is 6.15. The molecule has 0 aromatic heterocycles. The van der Waals surface area contributed by atoms with Gasteiger partial charge in [-0.1, -0.05) is 6.08 Å². The molecule has 9 heavy (non-hydrogen) atoms. The third-order valence-electron chi connectivity index (χ3n) is 0.711. The highest BCUT2D eigenvalue weighted by Crippen LogP contribution is 1.88. The van der Waals surface area contributed by atoms with Crippen molar-refractivity contribution in [2.75, 3.05) is 6.26 Å². The molecule has 0 saturated heterocycles. The van der Waals surface area contributed by atoms with Crippen LogP contribution in [0.2, 0.25) is 0 Å². The van der Waals surface area contributed by atoms with Gasteiger partial charge in [-0.2, -0.15) is 5.26 Å². The van der Waals surface area contributed by atoms with Gasteiger partial charge in [0, 0.05) is 23.5 Å². The molecule has 0 aliphatic rings. The highest BCUT2D eigenvalue weighted by molar-refractivity contribution is 7.87. The fourth-order valence-corrected chi connectivity index (χ4v) is 0.759. The second-order valence-electron chi connectivity index (χ2n) is 1.57. The van der Waals surface area contributed by atoms with Gasteiger partial charge in [0.05, 0.1) is 6.07 Å². The molecular formula is C6H9NOS. The fourth-order valence-electron chi connectivity index (χ4n) is 0.351. The molecule has 0 N–H and O–H groups in total. The van der Waals surface area contributed by atoms with Gasteiger partial charge < -0.3 is 0 Å². The number of hydrogen-bond donors (Lipinski definition) is 0. The maximum Gasteiger partial charge on any atom is 0.0625 e. The summed E-state index contributed by atoms with van der Waals surface area (Å²) in [5.41, 5.74) is 0. The predicted octanol–water partition coefficient (Wildman–Crippen LogP) is 1.18. The molecule has 0 heterocycles. The average molecular weight is 143 g/mol. The van der Waals surface area contributed by atoms with Crippen molar-refractivity contribution in [2.24, 2.45) is 0 Å². The van der Waals surface area contributed by atoms with E-state index in [1.54, 1.807) is 17.7 Å². The van der Waals surface area contributed by atoms with Crippen molar-refractivity contribution in [3.05, 3.63) is 11.5 Å². The van der Waals surface area contributed by atoms with Gasteiger partial charge in [0.15, 0.2) is 0 Å². The Labute approximate surface area is 57.6 Å². The summed E-state index contributed by atoms with van der Waals surface area (Å²) in [7, 11) is -0.859. The molecule has 0 spiro atoms. The topological polar surface area (TPSA) is 40.9 Å². The lowest BCUT2D eigenvalue weighted by Crippen LogP contribution is -1.74. The highest BCUT2D eigenvalue weighted by Gasteiger charge is 1.78. The van der Waals surface area contributed by atoms with Crippen LogP contribution in [0, 0.1) is 11.3 Å². The zero-order chi connectivity index (χ0) is 7.11. The summed E-state index contributed by atoms with van der Waals surface area (Å²) < 4.78 is 10.3. The van der Waals surface area contributed by atoms with E-state index in [0.29, 0.717) is 12.8 Å². The van der Waals surface area contributed by atoms with Gasteiger partial charge in [0.1, 0.15) is 0 Å². The first kappa shape index (κ1) is 8.38. The largest absolute Gasteiger partial charge is 0.255 e. The minimum absolute atomic E-state index is 0.508. The third-order valence-corrected chi connectivity index (χ3v) is 1.29.